The van der Waals surface area contributed by atoms with E-state index in [2.05, 4.69) is 51.5 Å². The number of halogens is 14. The molecule has 11 heterocycles. The first-order valence-electron chi connectivity index (χ1n) is 43.3. The number of hydrogen-bond acceptors (Lipinski definition) is 21. The first-order valence-corrected chi connectivity index (χ1v) is 49.3. The zero-order chi connectivity index (χ0) is 103. The lowest BCUT2D eigenvalue weighted by Gasteiger charge is -2.28. The largest absolute Gasteiger partial charge is 0.435 e. The molecule has 16 rings (SSSR count). The molecular weight excluding hydrogens is 1960 g/mol. The Bertz CT molecular complexity index is 7470. The molecule has 0 bridgehead atoms. The quantitative estimate of drug-likeness (QED) is 0.0306. The molecular formula is C92H90F14N18O13S4. The first-order chi connectivity index (χ1) is 66.2. The fourth-order valence-electron chi connectivity index (χ4n) is 16.6. The Morgan fingerprint density at radius 2 is 0.901 bits per heavy atom. The highest BCUT2D eigenvalue weighted by atomic mass is 32.2. The van der Waals surface area contributed by atoms with Crippen LogP contribution in [0.4, 0.5) is 61.5 Å². The first kappa shape index (κ1) is 105. The summed E-state index contributed by atoms with van der Waals surface area (Å²) in [4.78, 5) is 48.8. The Morgan fingerprint density at radius 1 is 0.475 bits per heavy atom. The third kappa shape index (κ3) is 22.8. The number of pyridine rings is 4. The summed E-state index contributed by atoms with van der Waals surface area (Å²) in [6.07, 6.45) is -0.594. The third-order valence-corrected chi connectivity index (χ3v) is 29.8. The number of hydrogen-bond donors (Lipinski definition) is 6. The number of carbonyl (C=O) groups excluding carboxylic acids is 2. The summed E-state index contributed by atoms with van der Waals surface area (Å²) in [7, 11) is -17.4. The standard InChI is InChI=1S/C24H24F4N4O3S.C23H22F4N4O3S.C23H27F2N5O4S.C22H17F4N5O3S/c1-14-10-21-17(11-19(14)25)18(12-29)22(32(21)15-6-8-35-9-7-15)20-5-4-16(13-30-20)36(33,34)31-23(2,3)24(26,27)28;1-13-9-21-17(10-19(13)24)18(11-28)22(31(21)15-5-7-34-8-6-15)20-4-3-16(12-29-20)35(32,33)30-14(2)23(25,26)27;1-13(2)29-35(32,33)16-11-27-22(28-12-16)20-19(21(26)31)17-9-8-15(34-23(24)25)10-18(17)30(20)14-6-4-3-5-7-14;1-12(22(24,25)26)30-35(33,34)14-6-7-16(29-11-14)20-19(21(27)32)15-10-13(23)5-8-17(15)31(20)18-4-2-3-9-28-18/h4-5,10-11,13,15,31H,6-9H2,1-3H3;3-4,9-10,12,14-15,30H,5-8H2,1-2H3;8-14,23,29H,3-7H2,1-2H3,(H2,26,31);2-12,30H,1H3,(H2,27,32)/t;14-;;12-/m.1.0/s1. The number of benzene rings is 4. The number of amides is 2. The minimum absolute atomic E-state index is 0.0493. The fourth-order valence-corrected chi connectivity index (χ4v) is 21.4. The van der Waals surface area contributed by atoms with Crippen molar-refractivity contribution in [3.63, 3.8) is 0 Å². The minimum Gasteiger partial charge on any atom is -0.435 e. The Balaban J connectivity index is 0.000000158. The predicted octanol–water partition coefficient (Wildman–Crippen LogP) is 17.1. The normalized spacial score (nSPS) is 15.2. The van der Waals surface area contributed by atoms with Crippen LogP contribution in [0.15, 0.2) is 172 Å². The zero-order valence-electron chi connectivity index (χ0n) is 75.9. The van der Waals surface area contributed by atoms with Crippen molar-refractivity contribution in [2.24, 2.45) is 11.5 Å². The van der Waals surface area contributed by atoms with E-state index >= 15 is 0 Å². The van der Waals surface area contributed by atoms with Gasteiger partial charge in [0.1, 0.15) is 84.1 Å². The van der Waals surface area contributed by atoms with Crippen molar-refractivity contribution in [1.29, 1.82) is 10.5 Å². The highest BCUT2D eigenvalue weighted by Gasteiger charge is 2.50. The molecule has 2 saturated heterocycles. The number of ether oxygens (including phenoxy) is 3. The van der Waals surface area contributed by atoms with E-state index in [9.17, 15) is 115 Å². The van der Waals surface area contributed by atoms with Crippen molar-refractivity contribution >= 4 is 95.5 Å². The van der Waals surface area contributed by atoms with Crippen LogP contribution >= 0.6 is 0 Å². The maximum absolute atomic E-state index is 14.4. The highest BCUT2D eigenvalue weighted by Crippen LogP contribution is 2.46. The SMILES string of the molecule is CC(C)NS(=O)(=O)c1cnc(-c2c(C(N)=O)c3ccc(OC(F)F)cc3n2C2CCCCC2)nc1.C[C@H](NS(=O)(=O)c1ccc(-c2c(C(N)=O)c3cc(F)ccc3n2-c2ccccn2)nc1)C(F)(F)F.Cc1cc2c(cc1F)c(C#N)c(-c1ccc(S(=O)(=O)NC(C)(C)C(F)(F)F)cn1)n2C1CCOCC1.Cc1cc2c(cc1F)c(C#N)c(-c1ccc(S(=O)(=O)N[C@H](C)C(F)(F)F)cn1)n2C1CCOCC1. The second kappa shape index (κ2) is 41.7. The predicted molar refractivity (Wildman–Crippen MR) is 488 cm³/mol. The number of nitrogens with two attached hydrogens (primary N) is 2. The molecule has 2 aliphatic heterocycles. The van der Waals surface area contributed by atoms with Gasteiger partial charge in [0, 0.05) is 103 Å². The van der Waals surface area contributed by atoms with E-state index in [0.29, 0.717) is 138 Å². The second-order valence-electron chi connectivity index (χ2n) is 34.1. The molecule has 8 N–H and O–H groups in total. The average molecular weight is 2050 g/mol. The van der Waals surface area contributed by atoms with Gasteiger partial charge >= 0.3 is 25.1 Å². The molecule has 748 valence electrons. The number of nitriles is 2. The molecule has 0 unspecified atom stereocenters. The van der Waals surface area contributed by atoms with E-state index in [1.807, 2.05) is 13.7 Å². The summed E-state index contributed by atoms with van der Waals surface area (Å²) in [5.41, 5.74) is 13.8. The van der Waals surface area contributed by atoms with Gasteiger partial charge in [0.2, 0.25) is 40.1 Å². The van der Waals surface area contributed by atoms with E-state index in [4.69, 9.17) is 20.9 Å². The lowest BCUT2D eigenvalue weighted by Crippen LogP contribution is -2.54. The summed E-state index contributed by atoms with van der Waals surface area (Å²) in [6, 6.07) is 25.2. The number of primary amides is 2. The van der Waals surface area contributed by atoms with Gasteiger partial charge in [0.05, 0.1) is 90.9 Å². The van der Waals surface area contributed by atoms with Crippen LogP contribution in [0.25, 0.3) is 95.1 Å². The van der Waals surface area contributed by atoms with Gasteiger partial charge in [-0.3, -0.25) is 29.1 Å². The molecule has 0 spiro atoms. The Morgan fingerprint density at radius 3 is 1.31 bits per heavy atom. The Kier molecular flexibility index (Phi) is 31.1. The average Bonchev–Trinajstić information content (AvgIpc) is 1.59. The number of nitrogens with zero attached hydrogens (tertiary/aromatic N) is 12. The fraction of sp³-hybridized carbons (Fsp3) is 0.348. The maximum atomic E-state index is 14.4. The van der Waals surface area contributed by atoms with Crippen molar-refractivity contribution < 1.29 is 119 Å². The number of carbonyl (C=O) groups is 2. The van der Waals surface area contributed by atoms with E-state index in [1.54, 1.807) is 72.2 Å². The van der Waals surface area contributed by atoms with Crippen LogP contribution in [-0.2, 0) is 49.6 Å². The molecule has 1 aliphatic carbocycles. The van der Waals surface area contributed by atoms with Gasteiger partial charge in [-0.25, -0.2) is 66.5 Å². The number of rotatable bonds is 24. The number of nitrogens with one attached hydrogen (secondary N) is 4. The lowest BCUT2D eigenvalue weighted by atomic mass is 9.95. The Labute approximate surface area is 797 Å². The molecule has 2 amide bonds. The molecule has 31 nitrogen and oxygen atoms in total. The summed E-state index contributed by atoms with van der Waals surface area (Å²) < 4.78 is 315. The maximum Gasteiger partial charge on any atom is 0.407 e. The monoisotopic (exact) mass is 2050 g/mol. The van der Waals surface area contributed by atoms with Crippen LogP contribution < -0.4 is 35.1 Å². The smallest absolute Gasteiger partial charge is 0.407 e. The summed E-state index contributed by atoms with van der Waals surface area (Å²) in [5.74, 6) is -2.79. The van der Waals surface area contributed by atoms with E-state index < -0.39 is 127 Å². The van der Waals surface area contributed by atoms with Gasteiger partial charge in [-0.1, -0.05) is 25.3 Å². The summed E-state index contributed by atoms with van der Waals surface area (Å²) >= 11 is 0. The Hall–Kier alpha value is -13.0. The second-order valence-corrected chi connectivity index (χ2v) is 40.9. The molecule has 0 radical (unpaired) electrons. The van der Waals surface area contributed by atoms with Gasteiger partial charge in [0.15, 0.2) is 5.82 Å². The van der Waals surface area contributed by atoms with Gasteiger partial charge in [0.25, 0.3) is 11.8 Å². The molecule has 9 aromatic heterocycles. The number of aromatic nitrogens is 10. The van der Waals surface area contributed by atoms with Crippen LogP contribution in [0.5, 0.6) is 5.75 Å². The molecule has 1 saturated carbocycles. The van der Waals surface area contributed by atoms with Crippen molar-refractivity contribution in [2.75, 3.05) is 26.4 Å². The van der Waals surface area contributed by atoms with Crippen molar-refractivity contribution in [2.45, 2.75) is 200 Å². The summed E-state index contributed by atoms with van der Waals surface area (Å²) in [6.45, 7) is 8.43. The van der Waals surface area contributed by atoms with Crippen molar-refractivity contribution in [3.8, 4) is 69.4 Å². The van der Waals surface area contributed by atoms with Gasteiger partial charge in [-0.05, 0) is 208 Å². The number of alkyl halides is 11. The van der Waals surface area contributed by atoms with E-state index in [0.717, 1.165) is 88.8 Å². The topological polar surface area (TPSA) is 443 Å². The number of sulfonamides is 4. The molecule has 49 heteroatoms. The van der Waals surface area contributed by atoms with E-state index in [1.165, 1.54) is 83.8 Å². The van der Waals surface area contributed by atoms with Gasteiger partial charge < -0.3 is 39.4 Å². The van der Waals surface area contributed by atoms with Gasteiger partial charge in [-0.15, -0.1) is 0 Å². The van der Waals surface area contributed by atoms with Crippen molar-refractivity contribution in [1.82, 2.24) is 67.1 Å². The van der Waals surface area contributed by atoms with Crippen molar-refractivity contribution in [3.05, 3.63) is 203 Å². The van der Waals surface area contributed by atoms with Crippen LogP contribution in [0.3, 0.4) is 0 Å². The number of fused-ring (bicyclic) bond motifs is 4. The molecule has 3 aliphatic rings. The third-order valence-electron chi connectivity index (χ3n) is 23.5. The number of aryl methyl sites for hydroxylation is 2. The van der Waals surface area contributed by atoms with E-state index in [-0.39, 0.29) is 91.1 Å². The molecule has 13 aromatic rings. The molecule has 141 heavy (non-hydrogen) atoms. The lowest BCUT2D eigenvalue weighted by molar-refractivity contribution is -0.180. The molecule has 2 atom stereocenters. The molecule has 3 fully saturated rings. The minimum atomic E-state index is -4.81. The van der Waals surface area contributed by atoms with Gasteiger partial charge in [-0.2, -0.15) is 73.0 Å². The van der Waals surface area contributed by atoms with Crippen LogP contribution in [-0.4, -0.2) is 169 Å². The van der Waals surface area contributed by atoms with Crippen LogP contribution in [0.1, 0.15) is 160 Å². The summed E-state index contributed by atoms with van der Waals surface area (Å²) in [5, 5.41) is 21.4. The zero-order valence-corrected chi connectivity index (χ0v) is 79.2. The molecule has 4 aromatic carbocycles. The van der Waals surface area contributed by atoms with Crippen LogP contribution in [0, 0.1) is 54.0 Å². The highest BCUT2D eigenvalue weighted by molar-refractivity contribution is 7.90. The van der Waals surface area contributed by atoms with Crippen LogP contribution in [0.2, 0.25) is 0 Å².